The number of rotatable bonds is 0. The Kier molecular flexibility index (Phi) is 1.38. The normalized spacial score (nSPS) is 27.4. The summed E-state index contributed by atoms with van der Waals surface area (Å²) in [6, 6.07) is 4.04. The van der Waals surface area contributed by atoms with Crippen molar-refractivity contribution in [3.05, 3.63) is 22.9 Å². The molecule has 0 amide bonds. The molecule has 3 rings (SSSR count). The number of aromatic nitrogens is 1. The summed E-state index contributed by atoms with van der Waals surface area (Å²) < 4.78 is 0. The van der Waals surface area contributed by atoms with Crippen LogP contribution >= 0.6 is 0 Å². The Morgan fingerprint density at radius 2 is 2.21 bits per heavy atom. The number of anilines is 1. The van der Waals surface area contributed by atoms with Gasteiger partial charge < -0.3 is 5.73 Å². The lowest BCUT2D eigenvalue weighted by Gasteiger charge is -2.14. The molecular weight excluding hydrogens is 174 g/mol. The lowest BCUT2D eigenvalue weighted by molar-refractivity contribution is 0.698. The summed E-state index contributed by atoms with van der Waals surface area (Å²) in [5.74, 6) is 1.67. The number of nitrogen functional groups attached to an aromatic ring is 1. The molecule has 1 aromatic rings. The summed E-state index contributed by atoms with van der Waals surface area (Å²) in [6.07, 6.45) is 3.72. The number of pyridine rings is 1. The molecule has 0 radical (unpaired) electrons. The predicted octanol–water partition coefficient (Wildman–Crippen LogP) is 1.90. The molecule has 3 heteroatoms. The average molecular weight is 185 g/mol. The third-order valence-corrected chi connectivity index (χ3v) is 3.49. The molecule has 1 heterocycles. The van der Waals surface area contributed by atoms with Gasteiger partial charge in [-0.25, -0.2) is 4.98 Å². The second-order valence-electron chi connectivity index (χ2n) is 4.21. The largest absolute Gasteiger partial charge is 0.383 e. The Morgan fingerprint density at radius 3 is 3.00 bits per heavy atom. The van der Waals surface area contributed by atoms with Gasteiger partial charge in [0.05, 0.1) is 5.56 Å². The Bertz CT molecular complexity index is 445. The minimum atomic E-state index is 0.402. The van der Waals surface area contributed by atoms with Gasteiger partial charge in [0.15, 0.2) is 0 Å². The first-order valence-electron chi connectivity index (χ1n) is 5.00. The number of nitrogens with zero attached hydrogens (tertiary/aromatic N) is 2. The zero-order valence-corrected chi connectivity index (χ0v) is 7.83. The highest BCUT2D eigenvalue weighted by Crippen LogP contribution is 2.52. The summed E-state index contributed by atoms with van der Waals surface area (Å²) >= 11 is 0. The topological polar surface area (TPSA) is 62.7 Å². The molecule has 1 fully saturated rings. The number of nitrogens with two attached hydrogens (primary N) is 1. The van der Waals surface area contributed by atoms with Gasteiger partial charge in [0, 0.05) is 11.6 Å². The Morgan fingerprint density at radius 1 is 1.43 bits per heavy atom. The van der Waals surface area contributed by atoms with Crippen LogP contribution in [0.4, 0.5) is 5.82 Å². The van der Waals surface area contributed by atoms with E-state index in [-0.39, 0.29) is 0 Å². The fraction of sp³-hybridized carbons (Fsp3) is 0.455. The molecule has 1 saturated carbocycles. The van der Waals surface area contributed by atoms with Crippen molar-refractivity contribution in [3.8, 4) is 6.07 Å². The first-order chi connectivity index (χ1) is 6.79. The van der Waals surface area contributed by atoms with Crippen LogP contribution in [-0.4, -0.2) is 4.98 Å². The van der Waals surface area contributed by atoms with Gasteiger partial charge in [-0.2, -0.15) is 5.26 Å². The SMILES string of the molecule is N#Cc1cc2c(nc1N)C1CCC2C1. The van der Waals surface area contributed by atoms with Crippen LogP contribution in [0.2, 0.25) is 0 Å². The summed E-state index contributed by atoms with van der Waals surface area (Å²) in [5.41, 5.74) is 8.69. The summed E-state index contributed by atoms with van der Waals surface area (Å²) in [6.45, 7) is 0. The molecule has 0 aromatic carbocycles. The molecule has 0 aliphatic heterocycles. The highest BCUT2D eigenvalue weighted by molar-refractivity contribution is 5.54. The van der Waals surface area contributed by atoms with Gasteiger partial charge in [0.25, 0.3) is 0 Å². The van der Waals surface area contributed by atoms with E-state index >= 15 is 0 Å². The Balaban J connectivity index is 2.22. The minimum absolute atomic E-state index is 0.402. The molecule has 1 aromatic heterocycles. The zero-order valence-electron chi connectivity index (χ0n) is 7.83. The molecule has 3 nitrogen and oxygen atoms in total. The monoisotopic (exact) mass is 185 g/mol. The van der Waals surface area contributed by atoms with Crippen LogP contribution < -0.4 is 5.73 Å². The van der Waals surface area contributed by atoms with Gasteiger partial charge in [0.1, 0.15) is 11.9 Å². The third kappa shape index (κ3) is 0.832. The van der Waals surface area contributed by atoms with E-state index in [4.69, 9.17) is 11.0 Å². The molecule has 70 valence electrons. The molecule has 14 heavy (non-hydrogen) atoms. The molecule has 2 N–H and O–H groups in total. The van der Waals surface area contributed by atoms with E-state index in [0.29, 0.717) is 23.2 Å². The zero-order chi connectivity index (χ0) is 9.71. The highest BCUT2D eigenvalue weighted by Gasteiger charge is 2.38. The van der Waals surface area contributed by atoms with E-state index in [0.717, 1.165) is 5.69 Å². The molecule has 2 aliphatic rings. The standard InChI is InChI=1S/C11H11N3/c12-5-8-4-9-6-1-2-7(3-6)10(9)14-11(8)13/h4,6-7H,1-3H2,(H2,13,14). The number of hydrogen-bond donors (Lipinski definition) is 1. The van der Waals surface area contributed by atoms with Gasteiger partial charge >= 0.3 is 0 Å². The quantitative estimate of drug-likeness (QED) is 0.671. The van der Waals surface area contributed by atoms with E-state index in [1.54, 1.807) is 0 Å². The Hall–Kier alpha value is -1.56. The highest BCUT2D eigenvalue weighted by atomic mass is 14.9. The summed E-state index contributed by atoms with van der Waals surface area (Å²) in [5, 5.41) is 8.85. The smallest absolute Gasteiger partial charge is 0.141 e. The number of fused-ring (bicyclic) bond motifs is 5. The average Bonchev–Trinajstić information content (AvgIpc) is 2.77. The van der Waals surface area contributed by atoms with Crippen molar-refractivity contribution in [3.63, 3.8) is 0 Å². The maximum atomic E-state index is 8.85. The van der Waals surface area contributed by atoms with Crippen LogP contribution in [0.1, 0.15) is 47.9 Å². The number of hydrogen-bond acceptors (Lipinski definition) is 3. The predicted molar refractivity (Wildman–Crippen MR) is 52.7 cm³/mol. The molecule has 2 aliphatic carbocycles. The van der Waals surface area contributed by atoms with Crippen molar-refractivity contribution in [2.45, 2.75) is 31.1 Å². The van der Waals surface area contributed by atoms with Crippen LogP contribution in [0.25, 0.3) is 0 Å². The first kappa shape index (κ1) is 7.81. The second-order valence-corrected chi connectivity index (χ2v) is 4.21. The molecular formula is C11H11N3. The van der Waals surface area contributed by atoms with E-state index < -0.39 is 0 Å². The van der Waals surface area contributed by atoms with Gasteiger partial charge in [-0.1, -0.05) is 0 Å². The van der Waals surface area contributed by atoms with Crippen molar-refractivity contribution >= 4 is 5.82 Å². The molecule has 2 unspecified atom stereocenters. The minimum Gasteiger partial charge on any atom is -0.383 e. The molecule has 0 spiro atoms. The van der Waals surface area contributed by atoms with Crippen LogP contribution in [0.15, 0.2) is 6.07 Å². The van der Waals surface area contributed by atoms with Crippen LogP contribution in [-0.2, 0) is 0 Å². The van der Waals surface area contributed by atoms with E-state index in [1.165, 1.54) is 24.8 Å². The molecule has 0 saturated heterocycles. The van der Waals surface area contributed by atoms with Crippen LogP contribution in [0, 0.1) is 11.3 Å². The van der Waals surface area contributed by atoms with Crippen molar-refractivity contribution in [2.75, 3.05) is 5.73 Å². The third-order valence-electron chi connectivity index (χ3n) is 3.49. The van der Waals surface area contributed by atoms with Gasteiger partial charge in [0.2, 0.25) is 0 Å². The lowest BCUT2D eigenvalue weighted by Crippen LogP contribution is -2.05. The van der Waals surface area contributed by atoms with Crippen LogP contribution in [0.5, 0.6) is 0 Å². The van der Waals surface area contributed by atoms with Crippen molar-refractivity contribution < 1.29 is 0 Å². The summed E-state index contributed by atoms with van der Waals surface area (Å²) in [4.78, 5) is 4.36. The fourth-order valence-corrected chi connectivity index (χ4v) is 2.81. The maximum absolute atomic E-state index is 8.85. The second kappa shape index (κ2) is 2.48. The molecule has 2 bridgehead atoms. The molecule has 2 atom stereocenters. The van der Waals surface area contributed by atoms with Crippen LogP contribution in [0.3, 0.4) is 0 Å². The van der Waals surface area contributed by atoms with Crippen molar-refractivity contribution in [1.82, 2.24) is 4.98 Å². The van der Waals surface area contributed by atoms with E-state index in [9.17, 15) is 0 Å². The van der Waals surface area contributed by atoms with Crippen molar-refractivity contribution in [1.29, 1.82) is 5.26 Å². The van der Waals surface area contributed by atoms with Gasteiger partial charge in [-0.15, -0.1) is 0 Å². The maximum Gasteiger partial charge on any atom is 0.141 e. The van der Waals surface area contributed by atoms with Crippen molar-refractivity contribution in [2.24, 2.45) is 0 Å². The Labute approximate surface area is 82.6 Å². The van der Waals surface area contributed by atoms with E-state index in [1.807, 2.05) is 6.07 Å². The first-order valence-corrected chi connectivity index (χ1v) is 5.00. The van der Waals surface area contributed by atoms with Gasteiger partial charge in [-0.05, 0) is 36.8 Å². The fourth-order valence-electron chi connectivity index (χ4n) is 2.81. The lowest BCUT2D eigenvalue weighted by atomic mass is 9.95. The summed E-state index contributed by atoms with van der Waals surface area (Å²) in [7, 11) is 0. The van der Waals surface area contributed by atoms with E-state index in [2.05, 4.69) is 11.1 Å². The number of nitriles is 1. The van der Waals surface area contributed by atoms with Gasteiger partial charge in [-0.3, -0.25) is 0 Å².